The first-order valence-corrected chi connectivity index (χ1v) is 7.28. The predicted molar refractivity (Wildman–Crippen MR) is 80.9 cm³/mol. The van der Waals surface area contributed by atoms with Crippen molar-refractivity contribution < 1.29 is 4.79 Å². The summed E-state index contributed by atoms with van der Waals surface area (Å²) in [5.41, 5.74) is 2.91. The third kappa shape index (κ3) is 3.32. The lowest BCUT2D eigenvalue weighted by Crippen LogP contribution is -2.33. The van der Waals surface area contributed by atoms with Crippen LogP contribution < -0.4 is 5.32 Å². The summed E-state index contributed by atoms with van der Waals surface area (Å²) in [5, 5.41) is 11.7. The Balaban J connectivity index is 2.06. The fourth-order valence-electron chi connectivity index (χ4n) is 2.30. The SMILES string of the molecule is CCn1cc(C(C)NC(=O)C(C)n2ccc(C)n2)c(C)n1. The number of carbonyl (C=O) groups is 1. The van der Waals surface area contributed by atoms with Gasteiger partial charge in [-0.15, -0.1) is 0 Å². The summed E-state index contributed by atoms with van der Waals surface area (Å²) in [6, 6.07) is 1.49. The fraction of sp³-hybridized carbons (Fsp3) is 0.533. The first-order chi connectivity index (χ1) is 9.92. The van der Waals surface area contributed by atoms with Gasteiger partial charge in [0.25, 0.3) is 0 Å². The van der Waals surface area contributed by atoms with Gasteiger partial charge >= 0.3 is 0 Å². The molecule has 6 heteroatoms. The van der Waals surface area contributed by atoms with Crippen molar-refractivity contribution in [3.05, 3.63) is 35.4 Å². The van der Waals surface area contributed by atoms with Crippen molar-refractivity contribution in [3.63, 3.8) is 0 Å². The number of amides is 1. The van der Waals surface area contributed by atoms with E-state index in [0.29, 0.717) is 0 Å². The number of nitrogens with zero attached hydrogens (tertiary/aromatic N) is 4. The average Bonchev–Trinajstić information content (AvgIpc) is 3.03. The minimum absolute atomic E-state index is 0.0470. The molecular weight excluding hydrogens is 266 g/mol. The summed E-state index contributed by atoms with van der Waals surface area (Å²) in [6.07, 6.45) is 3.81. The standard InChI is InChI=1S/C15H23N5O/c1-6-19-9-14(12(4)18-19)11(3)16-15(21)13(5)20-8-7-10(2)17-20/h7-9,11,13H,6H2,1-5H3,(H,16,21). The van der Waals surface area contributed by atoms with Crippen molar-refractivity contribution in [1.29, 1.82) is 0 Å². The predicted octanol–water partition coefficient (Wildman–Crippen LogP) is 2.15. The Bertz CT molecular complexity index is 628. The van der Waals surface area contributed by atoms with Gasteiger partial charge in [0.15, 0.2) is 0 Å². The monoisotopic (exact) mass is 289 g/mol. The number of hydrogen-bond donors (Lipinski definition) is 1. The van der Waals surface area contributed by atoms with Crippen LogP contribution in [0.15, 0.2) is 18.5 Å². The van der Waals surface area contributed by atoms with Crippen molar-refractivity contribution in [2.75, 3.05) is 0 Å². The van der Waals surface area contributed by atoms with Gasteiger partial charge in [-0.2, -0.15) is 10.2 Å². The number of hydrogen-bond acceptors (Lipinski definition) is 3. The van der Waals surface area contributed by atoms with Gasteiger partial charge < -0.3 is 5.32 Å². The first kappa shape index (κ1) is 15.3. The quantitative estimate of drug-likeness (QED) is 0.917. The number of nitrogens with one attached hydrogen (secondary N) is 1. The zero-order chi connectivity index (χ0) is 15.6. The molecule has 0 saturated carbocycles. The summed E-state index contributed by atoms with van der Waals surface area (Å²) in [4.78, 5) is 12.3. The molecule has 0 aliphatic carbocycles. The van der Waals surface area contributed by atoms with E-state index < -0.39 is 0 Å². The van der Waals surface area contributed by atoms with Crippen LogP contribution >= 0.6 is 0 Å². The molecule has 2 rings (SSSR count). The summed E-state index contributed by atoms with van der Waals surface area (Å²) in [5.74, 6) is -0.0470. The van der Waals surface area contributed by atoms with Crippen molar-refractivity contribution in [2.24, 2.45) is 0 Å². The van der Waals surface area contributed by atoms with Gasteiger partial charge in [0.1, 0.15) is 6.04 Å². The van der Waals surface area contributed by atoms with Crippen LogP contribution in [-0.4, -0.2) is 25.5 Å². The van der Waals surface area contributed by atoms with Crippen LogP contribution in [0.4, 0.5) is 0 Å². The Morgan fingerprint density at radius 3 is 2.57 bits per heavy atom. The lowest BCUT2D eigenvalue weighted by atomic mass is 10.1. The van der Waals surface area contributed by atoms with E-state index >= 15 is 0 Å². The lowest BCUT2D eigenvalue weighted by molar-refractivity contribution is -0.124. The maximum Gasteiger partial charge on any atom is 0.245 e. The van der Waals surface area contributed by atoms with Gasteiger partial charge in [-0.25, -0.2) is 0 Å². The molecular formula is C15H23N5O. The van der Waals surface area contributed by atoms with Crippen LogP contribution in [0, 0.1) is 13.8 Å². The average molecular weight is 289 g/mol. The summed E-state index contributed by atoms with van der Waals surface area (Å²) < 4.78 is 3.56. The highest BCUT2D eigenvalue weighted by atomic mass is 16.2. The minimum atomic E-state index is -0.331. The smallest absolute Gasteiger partial charge is 0.245 e. The summed E-state index contributed by atoms with van der Waals surface area (Å²) in [7, 11) is 0. The molecule has 2 aromatic heterocycles. The molecule has 21 heavy (non-hydrogen) atoms. The molecule has 1 N–H and O–H groups in total. The van der Waals surface area contributed by atoms with Crippen LogP contribution in [-0.2, 0) is 11.3 Å². The zero-order valence-electron chi connectivity index (χ0n) is 13.3. The molecule has 2 heterocycles. The number of rotatable bonds is 5. The first-order valence-electron chi connectivity index (χ1n) is 7.28. The third-order valence-electron chi connectivity index (χ3n) is 3.65. The van der Waals surface area contributed by atoms with Gasteiger partial charge in [-0.3, -0.25) is 14.2 Å². The van der Waals surface area contributed by atoms with Gasteiger partial charge in [0.05, 0.1) is 17.4 Å². The Morgan fingerprint density at radius 1 is 1.33 bits per heavy atom. The minimum Gasteiger partial charge on any atom is -0.348 e. The molecule has 0 aromatic carbocycles. The van der Waals surface area contributed by atoms with Crippen molar-refractivity contribution >= 4 is 5.91 Å². The molecule has 0 saturated heterocycles. The van der Waals surface area contributed by atoms with E-state index in [1.165, 1.54) is 0 Å². The molecule has 114 valence electrons. The number of aryl methyl sites for hydroxylation is 3. The zero-order valence-corrected chi connectivity index (χ0v) is 13.3. The van der Waals surface area contributed by atoms with Crippen LogP contribution in [0.5, 0.6) is 0 Å². The highest BCUT2D eigenvalue weighted by molar-refractivity contribution is 5.80. The van der Waals surface area contributed by atoms with Gasteiger partial charge in [0.2, 0.25) is 5.91 Å². The number of aromatic nitrogens is 4. The molecule has 0 aliphatic heterocycles. The molecule has 2 atom stereocenters. The summed E-state index contributed by atoms with van der Waals surface area (Å²) >= 11 is 0. The molecule has 0 fully saturated rings. The van der Waals surface area contributed by atoms with Gasteiger partial charge in [-0.05, 0) is 40.7 Å². The second kappa shape index (κ2) is 6.11. The van der Waals surface area contributed by atoms with Crippen molar-refractivity contribution in [2.45, 2.75) is 53.2 Å². The van der Waals surface area contributed by atoms with E-state index in [1.54, 1.807) is 4.68 Å². The molecule has 6 nitrogen and oxygen atoms in total. The molecule has 0 aliphatic rings. The van der Waals surface area contributed by atoms with Crippen LogP contribution in [0.2, 0.25) is 0 Å². The Labute approximate surface area is 125 Å². The second-order valence-electron chi connectivity index (χ2n) is 5.37. The Hall–Kier alpha value is -2.11. The Morgan fingerprint density at radius 2 is 2.05 bits per heavy atom. The van der Waals surface area contributed by atoms with E-state index in [-0.39, 0.29) is 18.0 Å². The van der Waals surface area contributed by atoms with E-state index in [4.69, 9.17) is 0 Å². The summed E-state index contributed by atoms with van der Waals surface area (Å²) in [6.45, 7) is 10.6. The van der Waals surface area contributed by atoms with E-state index in [0.717, 1.165) is 23.5 Å². The molecule has 0 bridgehead atoms. The molecule has 1 amide bonds. The largest absolute Gasteiger partial charge is 0.348 e. The fourth-order valence-corrected chi connectivity index (χ4v) is 2.30. The van der Waals surface area contributed by atoms with Crippen molar-refractivity contribution in [3.8, 4) is 0 Å². The van der Waals surface area contributed by atoms with E-state index in [1.807, 2.05) is 57.8 Å². The molecule has 0 radical (unpaired) electrons. The maximum absolute atomic E-state index is 12.3. The normalized spacial score (nSPS) is 14.0. The Kier molecular flexibility index (Phi) is 4.45. The van der Waals surface area contributed by atoms with Crippen LogP contribution in [0.3, 0.4) is 0 Å². The van der Waals surface area contributed by atoms with Gasteiger partial charge in [-0.1, -0.05) is 0 Å². The molecule has 2 unspecified atom stereocenters. The van der Waals surface area contributed by atoms with Crippen LogP contribution in [0.25, 0.3) is 0 Å². The molecule has 0 spiro atoms. The molecule has 2 aromatic rings. The highest BCUT2D eigenvalue weighted by Crippen LogP contribution is 2.17. The highest BCUT2D eigenvalue weighted by Gasteiger charge is 2.20. The third-order valence-corrected chi connectivity index (χ3v) is 3.65. The topological polar surface area (TPSA) is 64.7 Å². The van der Waals surface area contributed by atoms with E-state index in [9.17, 15) is 4.79 Å². The van der Waals surface area contributed by atoms with E-state index in [2.05, 4.69) is 15.5 Å². The maximum atomic E-state index is 12.3. The number of carbonyl (C=O) groups excluding carboxylic acids is 1. The van der Waals surface area contributed by atoms with Crippen LogP contribution in [0.1, 0.15) is 49.8 Å². The second-order valence-corrected chi connectivity index (χ2v) is 5.37. The van der Waals surface area contributed by atoms with Gasteiger partial charge in [0, 0.05) is 24.5 Å². The lowest BCUT2D eigenvalue weighted by Gasteiger charge is -2.17. The van der Waals surface area contributed by atoms with Crippen molar-refractivity contribution in [1.82, 2.24) is 24.9 Å².